The Morgan fingerprint density at radius 3 is 2.76 bits per heavy atom. The third-order valence-electron chi connectivity index (χ3n) is 2.60. The maximum absolute atomic E-state index is 12.2. The summed E-state index contributed by atoms with van der Waals surface area (Å²) in [6, 6.07) is 6.96. The largest absolute Gasteiger partial charge is 0.495 e. The molecular formula is C13H14N2O2. The second kappa shape index (κ2) is 4.33. The van der Waals surface area contributed by atoms with Crippen LogP contribution in [0.15, 0.2) is 30.5 Å². The van der Waals surface area contributed by atoms with Crippen LogP contribution in [0.3, 0.4) is 0 Å². The van der Waals surface area contributed by atoms with Gasteiger partial charge in [0.25, 0.3) is 0 Å². The van der Waals surface area contributed by atoms with E-state index in [1.54, 1.807) is 30.5 Å². The third kappa shape index (κ3) is 2.01. The van der Waals surface area contributed by atoms with Crippen molar-refractivity contribution < 1.29 is 9.53 Å². The predicted molar refractivity (Wildman–Crippen MR) is 66.4 cm³/mol. The van der Waals surface area contributed by atoms with Crippen molar-refractivity contribution in [2.24, 2.45) is 0 Å². The molecule has 4 heteroatoms. The van der Waals surface area contributed by atoms with Crippen molar-refractivity contribution in [2.45, 2.75) is 6.92 Å². The molecule has 0 bridgehead atoms. The Kier molecular flexibility index (Phi) is 2.87. The summed E-state index contributed by atoms with van der Waals surface area (Å²) in [6.07, 6.45) is 1.78. The van der Waals surface area contributed by atoms with Crippen LogP contribution in [0.25, 0.3) is 0 Å². The van der Waals surface area contributed by atoms with Gasteiger partial charge >= 0.3 is 0 Å². The maximum Gasteiger partial charge on any atom is 0.211 e. The van der Waals surface area contributed by atoms with Crippen LogP contribution in [0, 0.1) is 6.92 Å². The fourth-order valence-electron chi connectivity index (χ4n) is 1.70. The lowest BCUT2D eigenvalue weighted by molar-refractivity contribution is 0.103. The van der Waals surface area contributed by atoms with Gasteiger partial charge in [-0.2, -0.15) is 0 Å². The molecule has 0 saturated carbocycles. The molecule has 0 atom stereocenters. The van der Waals surface area contributed by atoms with Gasteiger partial charge in [0.15, 0.2) is 0 Å². The molecule has 4 nitrogen and oxygen atoms in total. The molecule has 0 saturated heterocycles. The number of para-hydroxylation sites is 1. The quantitative estimate of drug-likeness (QED) is 0.627. The number of rotatable bonds is 3. The maximum atomic E-state index is 12.2. The van der Waals surface area contributed by atoms with Crippen LogP contribution in [0.4, 0.5) is 5.69 Å². The Morgan fingerprint density at radius 2 is 2.18 bits per heavy atom. The van der Waals surface area contributed by atoms with E-state index in [0.29, 0.717) is 22.7 Å². The number of nitrogens with two attached hydrogens (primary N) is 1. The Labute approximate surface area is 99.4 Å². The number of benzene rings is 1. The Morgan fingerprint density at radius 1 is 1.41 bits per heavy atom. The van der Waals surface area contributed by atoms with E-state index < -0.39 is 0 Å². The highest BCUT2D eigenvalue weighted by molar-refractivity contribution is 6.11. The molecule has 2 rings (SSSR count). The Hall–Kier alpha value is -2.23. The van der Waals surface area contributed by atoms with Gasteiger partial charge in [-0.15, -0.1) is 0 Å². The van der Waals surface area contributed by atoms with Gasteiger partial charge in [-0.05, 0) is 30.7 Å². The van der Waals surface area contributed by atoms with Gasteiger partial charge in [-0.3, -0.25) is 4.79 Å². The first-order chi connectivity index (χ1) is 8.13. The second-order valence-electron chi connectivity index (χ2n) is 3.84. The van der Waals surface area contributed by atoms with E-state index in [2.05, 4.69) is 4.98 Å². The highest BCUT2D eigenvalue weighted by Crippen LogP contribution is 2.26. The average molecular weight is 230 g/mol. The number of nitrogens with one attached hydrogen (secondary N) is 1. The summed E-state index contributed by atoms with van der Waals surface area (Å²) in [5.41, 5.74) is 8.24. The summed E-state index contributed by atoms with van der Waals surface area (Å²) in [4.78, 5) is 15.1. The van der Waals surface area contributed by atoms with Crippen LogP contribution >= 0.6 is 0 Å². The summed E-state index contributed by atoms with van der Waals surface area (Å²) in [5, 5.41) is 0. The predicted octanol–water partition coefficient (Wildman–Crippen LogP) is 2.14. The monoisotopic (exact) mass is 230 g/mol. The fraction of sp³-hybridized carbons (Fsp3) is 0.154. The van der Waals surface area contributed by atoms with Gasteiger partial charge in [-0.1, -0.05) is 6.07 Å². The first-order valence-electron chi connectivity index (χ1n) is 5.25. The Balaban J connectivity index is 2.44. The summed E-state index contributed by atoms with van der Waals surface area (Å²) < 4.78 is 5.09. The zero-order valence-electron chi connectivity index (χ0n) is 9.78. The molecule has 0 unspecified atom stereocenters. The number of carbonyl (C=O) groups is 1. The number of aryl methyl sites for hydroxylation is 1. The number of aromatic nitrogens is 1. The summed E-state index contributed by atoms with van der Waals surface area (Å²) in [7, 11) is 1.53. The highest BCUT2D eigenvalue weighted by Gasteiger charge is 2.15. The van der Waals surface area contributed by atoms with E-state index >= 15 is 0 Å². The second-order valence-corrected chi connectivity index (χ2v) is 3.84. The standard InChI is InChI=1S/C13H14N2O2/c1-8-6-10(15-7-8)13(16)9-4-3-5-11(17-2)12(9)14/h3-7,15H,14H2,1-2H3. The van der Waals surface area contributed by atoms with Gasteiger partial charge in [0, 0.05) is 6.20 Å². The molecule has 17 heavy (non-hydrogen) atoms. The van der Waals surface area contributed by atoms with Crippen LogP contribution in [0.1, 0.15) is 21.6 Å². The summed E-state index contributed by atoms with van der Waals surface area (Å²) in [6.45, 7) is 1.92. The number of hydrogen-bond acceptors (Lipinski definition) is 3. The lowest BCUT2D eigenvalue weighted by Gasteiger charge is -2.08. The number of nitrogen functional groups attached to an aromatic ring is 1. The van der Waals surface area contributed by atoms with Crippen LogP contribution in [-0.2, 0) is 0 Å². The Bertz CT molecular complexity index is 558. The van der Waals surface area contributed by atoms with E-state index in [1.165, 1.54) is 7.11 Å². The van der Waals surface area contributed by atoms with E-state index in [-0.39, 0.29) is 5.78 Å². The van der Waals surface area contributed by atoms with Crippen molar-refractivity contribution in [3.05, 3.63) is 47.3 Å². The molecule has 0 radical (unpaired) electrons. The third-order valence-corrected chi connectivity index (χ3v) is 2.60. The van der Waals surface area contributed by atoms with Crippen LogP contribution in [0.5, 0.6) is 5.75 Å². The fourth-order valence-corrected chi connectivity index (χ4v) is 1.70. The average Bonchev–Trinajstić information content (AvgIpc) is 2.75. The van der Waals surface area contributed by atoms with Crippen molar-refractivity contribution in [2.75, 3.05) is 12.8 Å². The zero-order chi connectivity index (χ0) is 12.4. The zero-order valence-corrected chi connectivity index (χ0v) is 9.78. The smallest absolute Gasteiger partial charge is 0.211 e. The SMILES string of the molecule is COc1cccc(C(=O)c2cc(C)c[nH]2)c1N. The number of ether oxygens (including phenoxy) is 1. The van der Waals surface area contributed by atoms with Crippen LogP contribution in [-0.4, -0.2) is 17.9 Å². The lowest BCUT2D eigenvalue weighted by Crippen LogP contribution is -2.06. The van der Waals surface area contributed by atoms with Gasteiger partial charge in [0.05, 0.1) is 24.1 Å². The van der Waals surface area contributed by atoms with E-state index in [4.69, 9.17) is 10.5 Å². The molecule has 88 valence electrons. The van der Waals surface area contributed by atoms with Crippen molar-refractivity contribution in [3.63, 3.8) is 0 Å². The minimum Gasteiger partial charge on any atom is -0.495 e. The number of hydrogen-bond donors (Lipinski definition) is 2. The van der Waals surface area contributed by atoms with Gasteiger partial charge in [0.2, 0.25) is 5.78 Å². The van der Waals surface area contributed by atoms with Crippen molar-refractivity contribution in [3.8, 4) is 5.75 Å². The molecule has 0 fully saturated rings. The summed E-state index contributed by atoms with van der Waals surface area (Å²) >= 11 is 0. The molecule has 2 aromatic rings. The summed E-state index contributed by atoms with van der Waals surface area (Å²) in [5.74, 6) is 0.383. The molecule has 0 spiro atoms. The van der Waals surface area contributed by atoms with Crippen LogP contribution < -0.4 is 10.5 Å². The first-order valence-corrected chi connectivity index (χ1v) is 5.25. The molecule has 0 aliphatic heterocycles. The lowest BCUT2D eigenvalue weighted by atomic mass is 10.1. The number of carbonyl (C=O) groups excluding carboxylic acids is 1. The number of ketones is 1. The van der Waals surface area contributed by atoms with Gasteiger partial charge in [-0.25, -0.2) is 0 Å². The molecule has 0 aliphatic carbocycles. The number of aromatic amines is 1. The molecular weight excluding hydrogens is 216 g/mol. The van der Waals surface area contributed by atoms with Gasteiger partial charge < -0.3 is 15.5 Å². The van der Waals surface area contributed by atoms with E-state index in [0.717, 1.165) is 5.56 Å². The van der Waals surface area contributed by atoms with Crippen molar-refractivity contribution in [1.82, 2.24) is 4.98 Å². The number of H-pyrrole nitrogens is 1. The van der Waals surface area contributed by atoms with Crippen molar-refractivity contribution >= 4 is 11.5 Å². The molecule has 1 aromatic carbocycles. The molecule has 0 aliphatic rings. The molecule has 3 N–H and O–H groups in total. The molecule has 0 amide bonds. The highest BCUT2D eigenvalue weighted by atomic mass is 16.5. The number of methoxy groups -OCH3 is 1. The normalized spacial score (nSPS) is 10.2. The molecule has 1 heterocycles. The topological polar surface area (TPSA) is 68.1 Å². The first kappa shape index (κ1) is 11.3. The van der Waals surface area contributed by atoms with Crippen molar-refractivity contribution in [1.29, 1.82) is 0 Å². The van der Waals surface area contributed by atoms with E-state index in [9.17, 15) is 4.79 Å². The van der Waals surface area contributed by atoms with Gasteiger partial charge in [0.1, 0.15) is 5.75 Å². The molecule has 1 aromatic heterocycles. The number of anilines is 1. The van der Waals surface area contributed by atoms with Crippen LogP contribution in [0.2, 0.25) is 0 Å². The minimum atomic E-state index is -0.130. The minimum absolute atomic E-state index is 0.130. The van der Waals surface area contributed by atoms with E-state index in [1.807, 2.05) is 6.92 Å².